The smallest absolute Gasteiger partial charge is 0.323 e. The average molecular weight is 199 g/mol. The van der Waals surface area contributed by atoms with Crippen LogP contribution in [-0.4, -0.2) is 36.2 Å². The van der Waals surface area contributed by atoms with Gasteiger partial charge in [0.1, 0.15) is 5.54 Å². The van der Waals surface area contributed by atoms with Gasteiger partial charge in [0.2, 0.25) is 0 Å². The monoisotopic (exact) mass is 199 g/mol. The summed E-state index contributed by atoms with van der Waals surface area (Å²) in [6, 6.07) is 0. The molecule has 0 aliphatic carbocycles. The summed E-state index contributed by atoms with van der Waals surface area (Å²) < 4.78 is 0. The van der Waals surface area contributed by atoms with E-state index < -0.39 is 11.5 Å². The van der Waals surface area contributed by atoms with Crippen molar-refractivity contribution in [3.05, 3.63) is 0 Å². The summed E-state index contributed by atoms with van der Waals surface area (Å²) in [5, 5.41) is 17.5. The van der Waals surface area contributed by atoms with Crippen LogP contribution in [0.1, 0.15) is 32.1 Å². The lowest BCUT2D eigenvalue weighted by molar-refractivity contribution is -0.144. The molecule has 14 heavy (non-hydrogen) atoms. The third kappa shape index (κ3) is 4.62. The topological polar surface area (TPSA) is 83.5 Å². The highest BCUT2D eigenvalue weighted by Gasteiger charge is 2.32. The van der Waals surface area contributed by atoms with Gasteiger partial charge in [-0.3, -0.25) is 4.79 Å². The molecule has 0 fully saturated rings. The predicted octanol–water partition coefficient (Wildman–Crippen LogP) is 0.298. The fourth-order valence-corrected chi connectivity index (χ4v) is 1.32. The van der Waals surface area contributed by atoms with Gasteiger partial charge >= 0.3 is 5.97 Å². The van der Waals surface area contributed by atoms with Gasteiger partial charge in [-0.15, -0.1) is 0 Å². The molecule has 1 unspecified atom stereocenters. The molecule has 0 heterocycles. The van der Waals surface area contributed by atoms with Crippen LogP contribution < -0.4 is 5.73 Å². The molecule has 1 atom stereocenters. The molecule has 4 N–H and O–H groups in total. The minimum Gasteiger partial charge on any atom is -0.480 e. The van der Waals surface area contributed by atoms with E-state index in [1.807, 2.05) is 0 Å². The van der Waals surface area contributed by atoms with Gasteiger partial charge in [0.15, 0.2) is 0 Å². The maximum atomic E-state index is 10.9. The van der Waals surface area contributed by atoms with Crippen molar-refractivity contribution in [3.63, 3.8) is 0 Å². The van der Waals surface area contributed by atoms with Crippen LogP contribution in [0.25, 0.3) is 0 Å². The normalized spacial score (nSPS) is 15.0. The van der Waals surface area contributed by atoms with Crippen LogP contribution in [0.3, 0.4) is 0 Å². The highest BCUT2D eigenvalue weighted by Crippen LogP contribution is 2.18. The molecule has 0 saturated carbocycles. The molecule has 0 saturated heterocycles. The molecule has 0 aromatic heterocycles. The molecule has 4 nitrogen and oxygen atoms in total. The zero-order valence-electron chi connectivity index (χ0n) is 8.41. The van der Waals surface area contributed by atoms with E-state index in [1.54, 1.807) is 0 Å². The number of nitrogens with two attached hydrogens (primary N) is 1. The van der Waals surface area contributed by atoms with Crippen molar-refractivity contribution in [1.29, 1.82) is 0 Å². The highest BCUT2D eigenvalue weighted by molar-refractivity contribution is 6.08. The first-order valence-electron chi connectivity index (χ1n) is 4.90. The Morgan fingerprint density at radius 1 is 1.29 bits per heavy atom. The summed E-state index contributed by atoms with van der Waals surface area (Å²) in [6.45, 7) is -0.0247. The SMILES string of the molecule is [B]CCCCC(N)(CCCO)C(=O)O. The van der Waals surface area contributed by atoms with Gasteiger partial charge in [0.05, 0.1) is 7.85 Å². The van der Waals surface area contributed by atoms with Crippen molar-refractivity contribution < 1.29 is 15.0 Å². The van der Waals surface area contributed by atoms with Crippen LogP contribution in [0.5, 0.6) is 0 Å². The summed E-state index contributed by atoms with van der Waals surface area (Å²) in [5.41, 5.74) is 4.52. The standard InChI is InChI=1S/C9H18BNO3/c10-6-2-1-4-9(11,8(13)14)5-3-7-12/h12H,1-7,11H2,(H,13,14). The summed E-state index contributed by atoms with van der Waals surface area (Å²) >= 11 is 0. The van der Waals surface area contributed by atoms with Gasteiger partial charge in [-0.05, 0) is 19.3 Å². The lowest BCUT2D eigenvalue weighted by atomic mass is 9.87. The number of carboxylic acid groups (broad SMARTS) is 1. The van der Waals surface area contributed by atoms with Crippen molar-refractivity contribution in [2.75, 3.05) is 6.61 Å². The number of hydrogen-bond donors (Lipinski definition) is 3. The Labute approximate surface area is 85.9 Å². The molecule has 5 heteroatoms. The first kappa shape index (κ1) is 13.5. The zero-order valence-corrected chi connectivity index (χ0v) is 8.41. The van der Waals surface area contributed by atoms with E-state index in [1.165, 1.54) is 0 Å². The number of aliphatic carboxylic acids is 1. The molecular formula is C9H18BNO3. The maximum Gasteiger partial charge on any atom is 0.323 e. The molecular weight excluding hydrogens is 181 g/mol. The summed E-state index contributed by atoms with van der Waals surface area (Å²) in [4.78, 5) is 10.9. The molecule has 0 rings (SSSR count). The number of rotatable bonds is 8. The van der Waals surface area contributed by atoms with Gasteiger partial charge in [0.25, 0.3) is 0 Å². The van der Waals surface area contributed by atoms with E-state index in [0.29, 0.717) is 32.0 Å². The molecule has 0 amide bonds. The lowest BCUT2D eigenvalue weighted by Gasteiger charge is -2.24. The van der Waals surface area contributed by atoms with E-state index in [-0.39, 0.29) is 6.61 Å². The number of hydrogen-bond acceptors (Lipinski definition) is 3. The third-order valence-electron chi connectivity index (χ3n) is 2.28. The second-order valence-electron chi connectivity index (χ2n) is 3.53. The van der Waals surface area contributed by atoms with Crippen LogP contribution in [0.4, 0.5) is 0 Å². The fourth-order valence-electron chi connectivity index (χ4n) is 1.32. The quantitative estimate of drug-likeness (QED) is 0.387. The number of aliphatic hydroxyl groups excluding tert-OH is 1. The second kappa shape index (κ2) is 6.84. The predicted molar refractivity (Wildman–Crippen MR) is 55.3 cm³/mol. The number of unbranched alkanes of at least 4 members (excludes halogenated alkanes) is 1. The molecule has 0 aliphatic heterocycles. The minimum absolute atomic E-state index is 0.0247. The number of carbonyl (C=O) groups is 1. The molecule has 0 bridgehead atoms. The molecule has 80 valence electrons. The largest absolute Gasteiger partial charge is 0.480 e. The first-order chi connectivity index (χ1) is 6.56. The molecule has 0 aliphatic rings. The molecule has 2 radical (unpaired) electrons. The van der Waals surface area contributed by atoms with E-state index in [2.05, 4.69) is 0 Å². The highest BCUT2D eigenvalue weighted by atomic mass is 16.4. The average Bonchev–Trinajstić information content (AvgIpc) is 2.15. The Kier molecular flexibility index (Phi) is 6.58. The van der Waals surface area contributed by atoms with Crippen molar-refractivity contribution >= 4 is 13.8 Å². The van der Waals surface area contributed by atoms with E-state index in [0.717, 1.165) is 6.42 Å². The van der Waals surface area contributed by atoms with E-state index >= 15 is 0 Å². The van der Waals surface area contributed by atoms with Crippen LogP contribution in [-0.2, 0) is 4.79 Å². The van der Waals surface area contributed by atoms with Crippen LogP contribution in [0.2, 0.25) is 6.32 Å². The fraction of sp³-hybridized carbons (Fsp3) is 0.889. The van der Waals surface area contributed by atoms with Gasteiger partial charge in [0, 0.05) is 6.61 Å². The number of aliphatic hydroxyl groups is 1. The lowest BCUT2D eigenvalue weighted by Crippen LogP contribution is -2.48. The van der Waals surface area contributed by atoms with Gasteiger partial charge in [-0.1, -0.05) is 19.2 Å². The van der Waals surface area contributed by atoms with Crippen molar-refractivity contribution in [2.24, 2.45) is 5.73 Å². The van der Waals surface area contributed by atoms with E-state index in [9.17, 15) is 4.79 Å². The van der Waals surface area contributed by atoms with Gasteiger partial charge < -0.3 is 15.9 Å². The van der Waals surface area contributed by atoms with Crippen molar-refractivity contribution in [2.45, 2.75) is 44.0 Å². The van der Waals surface area contributed by atoms with Crippen LogP contribution in [0.15, 0.2) is 0 Å². The minimum atomic E-state index is -1.20. The molecule has 0 aromatic carbocycles. The Bertz CT molecular complexity index is 177. The van der Waals surface area contributed by atoms with Crippen molar-refractivity contribution in [1.82, 2.24) is 0 Å². The Balaban J connectivity index is 4.03. The Hall–Kier alpha value is -0.545. The van der Waals surface area contributed by atoms with Gasteiger partial charge in [-0.25, -0.2) is 0 Å². The Morgan fingerprint density at radius 3 is 2.29 bits per heavy atom. The van der Waals surface area contributed by atoms with Crippen LogP contribution >= 0.6 is 0 Å². The summed E-state index contributed by atoms with van der Waals surface area (Å²) in [7, 11) is 5.31. The molecule has 0 spiro atoms. The Morgan fingerprint density at radius 2 is 1.86 bits per heavy atom. The van der Waals surface area contributed by atoms with Crippen LogP contribution in [0, 0.1) is 0 Å². The van der Waals surface area contributed by atoms with Crippen molar-refractivity contribution in [3.8, 4) is 0 Å². The van der Waals surface area contributed by atoms with E-state index in [4.69, 9.17) is 23.8 Å². The zero-order chi connectivity index (χ0) is 11.0. The molecule has 0 aromatic rings. The maximum absolute atomic E-state index is 10.9. The first-order valence-corrected chi connectivity index (χ1v) is 4.90. The second-order valence-corrected chi connectivity index (χ2v) is 3.53. The number of carboxylic acids is 1. The summed E-state index contributed by atoms with van der Waals surface area (Å²) in [5.74, 6) is -0.997. The third-order valence-corrected chi connectivity index (χ3v) is 2.28. The summed E-state index contributed by atoms with van der Waals surface area (Å²) in [6.07, 6.45) is 3.19. The van der Waals surface area contributed by atoms with Gasteiger partial charge in [-0.2, -0.15) is 0 Å².